The van der Waals surface area contributed by atoms with Gasteiger partial charge in [-0.3, -0.25) is 19.2 Å². The van der Waals surface area contributed by atoms with Gasteiger partial charge in [-0.25, -0.2) is 0 Å². The second-order valence-electron chi connectivity index (χ2n) is 11.2. The first-order chi connectivity index (χ1) is 17.3. The van der Waals surface area contributed by atoms with Crippen LogP contribution >= 0.6 is 0 Å². The predicted molar refractivity (Wildman–Crippen MR) is 143 cm³/mol. The minimum absolute atomic E-state index is 0.150. The van der Waals surface area contributed by atoms with Gasteiger partial charge in [-0.15, -0.1) is 0 Å². The van der Waals surface area contributed by atoms with E-state index in [1.165, 1.54) is 0 Å². The first-order valence-electron chi connectivity index (χ1n) is 14.0. The first kappa shape index (κ1) is 34.9. The van der Waals surface area contributed by atoms with E-state index in [-0.39, 0.29) is 53.0 Å². The number of hydrogen-bond acceptors (Lipinski definition) is 8. The molecule has 0 aromatic rings. The molecule has 0 rings (SSSR count). The fourth-order valence-electron chi connectivity index (χ4n) is 3.90. The number of carbonyl (C=O) groups is 4. The van der Waals surface area contributed by atoms with Gasteiger partial charge < -0.3 is 18.9 Å². The average Bonchev–Trinajstić information content (AvgIpc) is 2.83. The zero-order valence-corrected chi connectivity index (χ0v) is 24.6. The van der Waals surface area contributed by atoms with Gasteiger partial charge in [0.25, 0.3) is 0 Å². The summed E-state index contributed by atoms with van der Waals surface area (Å²) < 4.78 is 21.6. The summed E-state index contributed by atoms with van der Waals surface area (Å²) in [7, 11) is 0. The number of hydrogen-bond donors (Lipinski definition) is 0. The number of carbonyl (C=O) groups excluding carboxylic acids is 4. The molecule has 0 aliphatic carbocycles. The largest absolute Gasteiger partial charge is 0.465 e. The van der Waals surface area contributed by atoms with Crippen LogP contribution in [0.4, 0.5) is 0 Å². The quantitative estimate of drug-likeness (QED) is 0.109. The third-order valence-corrected chi connectivity index (χ3v) is 6.27. The van der Waals surface area contributed by atoms with Crippen LogP contribution in [-0.4, -0.2) is 50.3 Å². The van der Waals surface area contributed by atoms with Gasteiger partial charge in [0, 0.05) is 0 Å². The van der Waals surface area contributed by atoms with E-state index >= 15 is 0 Å². The van der Waals surface area contributed by atoms with Crippen molar-refractivity contribution in [3.05, 3.63) is 0 Å². The molecule has 0 atom stereocenters. The Kier molecular flexibility index (Phi) is 17.9. The Hall–Kier alpha value is -2.12. The Morgan fingerprint density at radius 2 is 0.622 bits per heavy atom. The normalized spacial score (nSPS) is 11.8. The maximum Gasteiger partial charge on any atom is 0.308 e. The maximum absolute atomic E-state index is 11.9. The Morgan fingerprint density at radius 3 is 0.784 bits per heavy atom. The van der Waals surface area contributed by atoms with E-state index < -0.39 is 0 Å². The van der Waals surface area contributed by atoms with Crippen LogP contribution in [0, 0.1) is 29.1 Å². The van der Waals surface area contributed by atoms with E-state index in [0.717, 1.165) is 25.7 Å². The van der Waals surface area contributed by atoms with Crippen LogP contribution in [0.15, 0.2) is 0 Å². The van der Waals surface area contributed by atoms with Crippen LogP contribution in [0.25, 0.3) is 0 Å². The van der Waals surface area contributed by atoms with Crippen molar-refractivity contribution >= 4 is 23.9 Å². The molecule has 0 aromatic heterocycles. The highest BCUT2D eigenvalue weighted by atomic mass is 16.5. The van der Waals surface area contributed by atoms with Gasteiger partial charge >= 0.3 is 23.9 Å². The standard InChI is InChI=1S/C29H52O8/c1-21(2)25(30)34-17-9-13-29(14-10-18-35-26(31)22(3)4,15-11-19-36-27(32)23(5)6)16-12-20-37-28(33)24(7)8/h21-24H,9-20H2,1-8H3. The summed E-state index contributed by atoms with van der Waals surface area (Å²) >= 11 is 0. The van der Waals surface area contributed by atoms with Crippen molar-refractivity contribution < 1.29 is 38.1 Å². The number of rotatable bonds is 20. The second-order valence-corrected chi connectivity index (χ2v) is 11.2. The lowest BCUT2D eigenvalue weighted by Gasteiger charge is -2.35. The molecule has 0 radical (unpaired) electrons. The van der Waals surface area contributed by atoms with E-state index in [4.69, 9.17) is 18.9 Å². The maximum atomic E-state index is 11.9. The lowest BCUT2D eigenvalue weighted by Crippen LogP contribution is -2.26. The van der Waals surface area contributed by atoms with Crippen molar-refractivity contribution in [1.29, 1.82) is 0 Å². The molecular weight excluding hydrogens is 476 g/mol. The van der Waals surface area contributed by atoms with Crippen molar-refractivity contribution in [3.8, 4) is 0 Å². The predicted octanol–water partition coefficient (Wildman–Crippen LogP) is 5.89. The highest BCUT2D eigenvalue weighted by Crippen LogP contribution is 2.40. The van der Waals surface area contributed by atoms with Crippen molar-refractivity contribution in [3.63, 3.8) is 0 Å². The number of esters is 4. The molecule has 0 spiro atoms. The van der Waals surface area contributed by atoms with Crippen LogP contribution in [0.1, 0.15) is 107 Å². The lowest BCUT2D eigenvalue weighted by atomic mass is 9.72. The van der Waals surface area contributed by atoms with Crippen molar-refractivity contribution in [1.82, 2.24) is 0 Å². The molecule has 0 saturated carbocycles. The van der Waals surface area contributed by atoms with Gasteiger partial charge in [-0.2, -0.15) is 0 Å². The highest BCUT2D eigenvalue weighted by molar-refractivity contribution is 5.72. The molecule has 0 fully saturated rings. The van der Waals surface area contributed by atoms with E-state index in [0.29, 0.717) is 52.1 Å². The fraction of sp³-hybridized carbons (Fsp3) is 0.862. The topological polar surface area (TPSA) is 105 Å². The summed E-state index contributed by atoms with van der Waals surface area (Å²) in [6.45, 7) is 15.8. The smallest absolute Gasteiger partial charge is 0.308 e. The van der Waals surface area contributed by atoms with Crippen molar-refractivity contribution in [2.75, 3.05) is 26.4 Å². The molecule has 8 nitrogen and oxygen atoms in total. The van der Waals surface area contributed by atoms with Gasteiger partial charge in [0.1, 0.15) is 0 Å². The van der Waals surface area contributed by atoms with Crippen molar-refractivity contribution in [2.45, 2.75) is 107 Å². The van der Waals surface area contributed by atoms with Gasteiger partial charge in [0.05, 0.1) is 50.1 Å². The van der Waals surface area contributed by atoms with Crippen LogP contribution in [0.2, 0.25) is 0 Å². The third kappa shape index (κ3) is 16.4. The van der Waals surface area contributed by atoms with Crippen LogP contribution in [-0.2, 0) is 38.1 Å². The van der Waals surface area contributed by atoms with E-state index in [2.05, 4.69) is 0 Å². The van der Waals surface area contributed by atoms with E-state index in [1.807, 2.05) is 55.4 Å². The van der Waals surface area contributed by atoms with Crippen LogP contribution in [0.3, 0.4) is 0 Å². The van der Waals surface area contributed by atoms with Gasteiger partial charge in [0.15, 0.2) is 0 Å². The minimum atomic E-state index is -0.215. The highest BCUT2D eigenvalue weighted by Gasteiger charge is 2.29. The van der Waals surface area contributed by atoms with E-state index in [9.17, 15) is 19.2 Å². The summed E-state index contributed by atoms with van der Waals surface area (Å²) in [5.41, 5.74) is -0.150. The molecule has 0 aliphatic heterocycles. The number of ether oxygens (including phenoxy) is 4. The molecular formula is C29H52O8. The summed E-state index contributed by atoms with van der Waals surface area (Å²) in [4.78, 5) is 47.6. The Balaban J connectivity index is 5.31. The molecule has 37 heavy (non-hydrogen) atoms. The summed E-state index contributed by atoms with van der Waals surface area (Å²) in [5, 5.41) is 0. The van der Waals surface area contributed by atoms with Gasteiger partial charge in [-0.1, -0.05) is 55.4 Å². The summed E-state index contributed by atoms with van der Waals surface area (Å²) in [6, 6.07) is 0. The second kappa shape index (κ2) is 19.0. The average molecular weight is 529 g/mol. The summed E-state index contributed by atoms with van der Waals surface area (Å²) in [5.74, 6) is -1.56. The molecule has 0 saturated heterocycles. The van der Waals surface area contributed by atoms with Gasteiger partial charge in [0.2, 0.25) is 0 Å². The zero-order valence-electron chi connectivity index (χ0n) is 24.6. The third-order valence-electron chi connectivity index (χ3n) is 6.27. The first-order valence-corrected chi connectivity index (χ1v) is 14.0. The fourth-order valence-corrected chi connectivity index (χ4v) is 3.90. The molecule has 8 heteroatoms. The molecule has 0 heterocycles. The minimum Gasteiger partial charge on any atom is -0.465 e. The van der Waals surface area contributed by atoms with E-state index in [1.54, 1.807) is 0 Å². The Labute approximate surface area is 224 Å². The molecule has 216 valence electrons. The monoisotopic (exact) mass is 528 g/mol. The SMILES string of the molecule is CC(C)C(=O)OCCCC(CCCOC(=O)C(C)C)(CCCOC(=O)C(C)C)CCCOC(=O)C(C)C. The molecule has 0 amide bonds. The molecule has 0 bridgehead atoms. The molecule has 0 N–H and O–H groups in total. The molecule has 0 aromatic carbocycles. The molecule has 0 unspecified atom stereocenters. The van der Waals surface area contributed by atoms with Crippen molar-refractivity contribution in [2.24, 2.45) is 29.1 Å². The Bertz CT molecular complexity index is 564. The zero-order chi connectivity index (χ0) is 28.4. The molecule has 0 aliphatic rings. The Morgan fingerprint density at radius 1 is 0.432 bits per heavy atom. The van der Waals surface area contributed by atoms with Crippen LogP contribution < -0.4 is 0 Å². The lowest BCUT2D eigenvalue weighted by molar-refractivity contribution is -0.148. The van der Waals surface area contributed by atoms with Crippen LogP contribution in [0.5, 0.6) is 0 Å². The van der Waals surface area contributed by atoms with Gasteiger partial charge in [-0.05, 0) is 56.8 Å². The summed E-state index contributed by atoms with van der Waals surface area (Å²) in [6.07, 6.45) is 5.98.